The monoisotopic (exact) mass is 349 g/mol. The first-order valence-corrected chi connectivity index (χ1v) is 8.68. The number of rotatable bonds is 9. The summed E-state index contributed by atoms with van der Waals surface area (Å²) in [6.07, 6.45) is 3.32. The second kappa shape index (κ2) is 9.42. The van der Waals surface area contributed by atoms with Crippen molar-refractivity contribution >= 4 is 11.7 Å². The standard InChI is InChI=1S/C19H27NO5/c1-14(21)15-8-9-17(18(12-15)23-3)25-11-5-7-19(22)20(2)13-16-6-4-10-24-16/h8-9,12,16H,4-7,10-11,13H2,1-3H3/t16-/m0/s1. The fraction of sp³-hybridized carbons (Fsp3) is 0.579. The molecule has 6 nitrogen and oxygen atoms in total. The largest absolute Gasteiger partial charge is 0.493 e. The zero-order valence-corrected chi connectivity index (χ0v) is 15.2. The molecule has 0 N–H and O–H groups in total. The number of Topliss-reactive ketones (excluding diaryl/α,β-unsaturated/α-hetero) is 1. The van der Waals surface area contributed by atoms with E-state index in [9.17, 15) is 9.59 Å². The van der Waals surface area contributed by atoms with Gasteiger partial charge < -0.3 is 19.1 Å². The molecule has 1 heterocycles. The van der Waals surface area contributed by atoms with E-state index in [1.54, 1.807) is 23.1 Å². The highest BCUT2D eigenvalue weighted by molar-refractivity contribution is 5.94. The SMILES string of the molecule is COc1cc(C(C)=O)ccc1OCCCC(=O)N(C)C[C@@H]1CCCO1. The summed E-state index contributed by atoms with van der Waals surface area (Å²) in [5.41, 5.74) is 0.579. The van der Waals surface area contributed by atoms with Crippen LogP contribution in [0.25, 0.3) is 0 Å². The summed E-state index contributed by atoms with van der Waals surface area (Å²) in [7, 11) is 3.35. The van der Waals surface area contributed by atoms with Crippen molar-refractivity contribution in [3.05, 3.63) is 23.8 Å². The fourth-order valence-corrected chi connectivity index (χ4v) is 2.80. The van der Waals surface area contributed by atoms with Gasteiger partial charge in [-0.2, -0.15) is 0 Å². The van der Waals surface area contributed by atoms with Crippen LogP contribution in [0.15, 0.2) is 18.2 Å². The lowest BCUT2D eigenvalue weighted by atomic mass is 10.1. The first-order valence-electron chi connectivity index (χ1n) is 8.68. The third-order valence-electron chi connectivity index (χ3n) is 4.29. The van der Waals surface area contributed by atoms with E-state index in [1.807, 2.05) is 7.05 Å². The van der Waals surface area contributed by atoms with Crippen molar-refractivity contribution in [3.8, 4) is 11.5 Å². The summed E-state index contributed by atoms with van der Waals surface area (Å²) in [5.74, 6) is 1.17. The fourth-order valence-electron chi connectivity index (χ4n) is 2.80. The summed E-state index contributed by atoms with van der Waals surface area (Å²) in [5, 5.41) is 0. The lowest BCUT2D eigenvalue weighted by molar-refractivity contribution is -0.131. The Balaban J connectivity index is 1.74. The minimum absolute atomic E-state index is 0.0234. The topological polar surface area (TPSA) is 65.1 Å². The highest BCUT2D eigenvalue weighted by Crippen LogP contribution is 2.28. The Bertz CT molecular complexity index is 595. The molecule has 25 heavy (non-hydrogen) atoms. The van der Waals surface area contributed by atoms with Crippen LogP contribution in [-0.2, 0) is 9.53 Å². The first-order chi connectivity index (χ1) is 12.0. The number of ether oxygens (including phenoxy) is 3. The average Bonchev–Trinajstić information content (AvgIpc) is 3.11. The molecule has 0 aromatic heterocycles. The van der Waals surface area contributed by atoms with Gasteiger partial charge in [0.25, 0.3) is 0 Å². The van der Waals surface area contributed by atoms with E-state index in [2.05, 4.69) is 0 Å². The third kappa shape index (κ3) is 5.74. The van der Waals surface area contributed by atoms with E-state index in [0.29, 0.717) is 43.1 Å². The minimum Gasteiger partial charge on any atom is -0.493 e. The van der Waals surface area contributed by atoms with Gasteiger partial charge in [0.2, 0.25) is 5.91 Å². The molecule has 0 bridgehead atoms. The molecule has 1 aromatic carbocycles. The molecule has 0 radical (unpaired) electrons. The molecule has 0 aliphatic carbocycles. The lowest BCUT2D eigenvalue weighted by Crippen LogP contribution is -2.34. The second-order valence-corrected chi connectivity index (χ2v) is 6.28. The molecule has 0 saturated carbocycles. The Morgan fingerprint density at radius 3 is 2.76 bits per heavy atom. The molecule has 1 aliphatic heterocycles. The van der Waals surface area contributed by atoms with Crippen LogP contribution >= 0.6 is 0 Å². The van der Waals surface area contributed by atoms with Crippen molar-refractivity contribution in [1.29, 1.82) is 0 Å². The molecule has 0 spiro atoms. The van der Waals surface area contributed by atoms with Crippen molar-refractivity contribution < 1.29 is 23.8 Å². The van der Waals surface area contributed by atoms with Gasteiger partial charge in [0, 0.05) is 32.2 Å². The summed E-state index contributed by atoms with van der Waals surface area (Å²) in [6, 6.07) is 5.10. The Morgan fingerprint density at radius 2 is 2.12 bits per heavy atom. The first kappa shape index (κ1) is 19.2. The van der Waals surface area contributed by atoms with Gasteiger partial charge >= 0.3 is 0 Å². The highest BCUT2D eigenvalue weighted by atomic mass is 16.5. The van der Waals surface area contributed by atoms with E-state index in [0.717, 1.165) is 19.4 Å². The zero-order valence-electron chi connectivity index (χ0n) is 15.2. The molecule has 1 atom stereocenters. The number of ketones is 1. The number of carbonyl (C=O) groups is 2. The second-order valence-electron chi connectivity index (χ2n) is 6.28. The summed E-state index contributed by atoms with van der Waals surface area (Å²) in [4.78, 5) is 25.3. The van der Waals surface area contributed by atoms with Crippen molar-refractivity contribution in [2.24, 2.45) is 0 Å². The van der Waals surface area contributed by atoms with E-state index < -0.39 is 0 Å². The van der Waals surface area contributed by atoms with Gasteiger partial charge in [-0.15, -0.1) is 0 Å². The van der Waals surface area contributed by atoms with E-state index in [4.69, 9.17) is 14.2 Å². The summed E-state index contributed by atoms with van der Waals surface area (Å²) >= 11 is 0. The number of hydrogen-bond acceptors (Lipinski definition) is 5. The van der Waals surface area contributed by atoms with Crippen LogP contribution < -0.4 is 9.47 Å². The van der Waals surface area contributed by atoms with Gasteiger partial charge in [-0.25, -0.2) is 0 Å². The molecule has 1 aliphatic rings. The lowest BCUT2D eigenvalue weighted by Gasteiger charge is -2.20. The summed E-state index contributed by atoms with van der Waals surface area (Å²) < 4.78 is 16.5. The number of methoxy groups -OCH3 is 1. The molecule has 1 aromatic rings. The maximum Gasteiger partial charge on any atom is 0.222 e. The zero-order chi connectivity index (χ0) is 18.2. The number of hydrogen-bond donors (Lipinski definition) is 0. The van der Waals surface area contributed by atoms with Gasteiger partial charge in [-0.3, -0.25) is 9.59 Å². The minimum atomic E-state index is -0.0234. The predicted molar refractivity (Wildman–Crippen MR) is 94.3 cm³/mol. The number of benzene rings is 1. The van der Waals surface area contributed by atoms with Crippen LogP contribution in [-0.4, -0.2) is 56.6 Å². The molecule has 1 amide bonds. The Hall–Kier alpha value is -2.08. The number of carbonyl (C=O) groups excluding carboxylic acids is 2. The average molecular weight is 349 g/mol. The third-order valence-corrected chi connectivity index (χ3v) is 4.29. The molecule has 138 valence electrons. The molecule has 2 rings (SSSR count). The normalized spacial score (nSPS) is 16.5. The maximum absolute atomic E-state index is 12.1. The molecule has 0 unspecified atom stereocenters. The van der Waals surface area contributed by atoms with Gasteiger partial charge in [0.15, 0.2) is 17.3 Å². The van der Waals surface area contributed by atoms with E-state index in [1.165, 1.54) is 14.0 Å². The van der Waals surface area contributed by atoms with Gasteiger partial charge in [0.1, 0.15) is 0 Å². The van der Waals surface area contributed by atoms with Crippen molar-refractivity contribution in [2.45, 2.75) is 38.7 Å². The van der Waals surface area contributed by atoms with E-state index >= 15 is 0 Å². The Kier molecular flexibility index (Phi) is 7.25. The predicted octanol–water partition coefficient (Wildman–Crippen LogP) is 2.69. The van der Waals surface area contributed by atoms with Crippen LogP contribution in [0, 0.1) is 0 Å². The number of nitrogens with zero attached hydrogens (tertiary/aromatic N) is 1. The number of amides is 1. The van der Waals surface area contributed by atoms with Crippen LogP contribution in [0.5, 0.6) is 11.5 Å². The van der Waals surface area contributed by atoms with Gasteiger partial charge in [0.05, 0.1) is 19.8 Å². The van der Waals surface area contributed by atoms with Crippen molar-refractivity contribution in [2.75, 3.05) is 33.9 Å². The van der Waals surface area contributed by atoms with Crippen LogP contribution in [0.1, 0.15) is 43.0 Å². The van der Waals surface area contributed by atoms with Crippen molar-refractivity contribution in [3.63, 3.8) is 0 Å². The number of likely N-dealkylation sites (N-methyl/N-ethyl adjacent to an activating group) is 1. The van der Waals surface area contributed by atoms with Crippen LogP contribution in [0.4, 0.5) is 0 Å². The molecule has 1 fully saturated rings. The Labute approximate surface area is 149 Å². The van der Waals surface area contributed by atoms with Gasteiger partial charge in [-0.1, -0.05) is 0 Å². The molecular formula is C19H27NO5. The Morgan fingerprint density at radius 1 is 1.32 bits per heavy atom. The smallest absolute Gasteiger partial charge is 0.222 e. The van der Waals surface area contributed by atoms with Crippen LogP contribution in [0.2, 0.25) is 0 Å². The van der Waals surface area contributed by atoms with Gasteiger partial charge in [-0.05, 0) is 44.4 Å². The van der Waals surface area contributed by atoms with Crippen molar-refractivity contribution in [1.82, 2.24) is 4.90 Å². The molecule has 1 saturated heterocycles. The van der Waals surface area contributed by atoms with E-state index in [-0.39, 0.29) is 17.8 Å². The molecule has 6 heteroatoms. The molecular weight excluding hydrogens is 322 g/mol. The maximum atomic E-state index is 12.1. The summed E-state index contributed by atoms with van der Waals surface area (Å²) in [6.45, 7) is 3.37. The van der Waals surface area contributed by atoms with Crippen LogP contribution in [0.3, 0.4) is 0 Å². The quantitative estimate of drug-likeness (QED) is 0.507. The highest BCUT2D eigenvalue weighted by Gasteiger charge is 2.19.